The highest BCUT2D eigenvalue weighted by Gasteiger charge is 2.22. The third-order valence-corrected chi connectivity index (χ3v) is 4.60. The third-order valence-electron chi connectivity index (χ3n) is 4.60. The zero-order valence-corrected chi connectivity index (χ0v) is 14.9. The standard InChI is InChI=1S/C20H24N2O.ClH/c1-21-19-8-5-13-22(15-19)20(23)14-16-9-11-18(12-10-16)17-6-3-2-4-7-17;/h2-4,6-7,9-12,19,21H,5,8,13-15H2,1H3;1H. The van der Waals surface area contributed by atoms with E-state index in [4.69, 9.17) is 0 Å². The number of amides is 1. The Labute approximate surface area is 150 Å². The first kappa shape index (κ1) is 18.5. The van der Waals surface area contributed by atoms with Crippen LogP contribution in [0.4, 0.5) is 0 Å². The highest BCUT2D eigenvalue weighted by Crippen LogP contribution is 2.20. The van der Waals surface area contributed by atoms with Crippen molar-refractivity contribution in [3.8, 4) is 11.1 Å². The molecular weight excluding hydrogens is 320 g/mol. The second-order valence-corrected chi connectivity index (χ2v) is 6.21. The number of halogens is 1. The molecule has 0 aromatic heterocycles. The SMILES string of the molecule is CNC1CCCN(C(=O)Cc2ccc(-c3ccccc3)cc2)C1.Cl. The van der Waals surface area contributed by atoms with Gasteiger partial charge in [-0.3, -0.25) is 4.79 Å². The Morgan fingerprint density at radius 3 is 2.42 bits per heavy atom. The van der Waals surface area contributed by atoms with Crippen LogP contribution < -0.4 is 5.32 Å². The van der Waals surface area contributed by atoms with Gasteiger partial charge in [-0.25, -0.2) is 0 Å². The lowest BCUT2D eigenvalue weighted by atomic mass is 10.0. The average Bonchev–Trinajstić information content (AvgIpc) is 2.63. The largest absolute Gasteiger partial charge is 0.341 e. The van der Waals surface area contributed by atoms with Crippen molar-refractivity contribution in [2.75, 3.05) is 20.1 Å². The highest BCUT2D eigenvalue weighted by molar-refractivity contribution is 5.85. The van der Waals surface area contributed by atoms with Gasteiger partial charge in [-0.2, -0.15) is 0 Å². The molecule has 1 unspecified atom stereocenters. The van der Waals surface area contributed by atoms with Crippen molar-refractivity contribution in [1.82, 2.24) is 10.2 Å². The second kappa shape index (κ2) is 8.86. The van der Waals surface area contributed by atoms with Gasteiger partial charge in [0.05, 0.1) is 6.42 Å². The Balaban J connectivity index is 0.00000208. The van der Waals surface area contributed by atoms with Crippen LogP contribution in [-0.4, -0.2) is 37.0 Å². The third kappa shape index (κ3) is 4.59. The van der Waals surface area contributed by atoms with Crippen molar-refractivity contribution in [2.45, 2.75) is 25.3 Å². The van der Waals surface area contributed by atoms with Crippen LogP contribution in [0.15, 0.2) is 54.6 Å². The van der Waals surface area contributed by atoms with E-state index in [1.165, 1.54) is 11.1 Å². The zero-order chi connectivity index (χ0) is 16.1. The molecule has 2 aromatic rings. The van der Waals surface area contributed by atoms with Crippen LogP contribution in [-0.2, 0) is 11.2 Å². The van der Waals surface area contributed by atoms with E-state index in [0.717, 1.165) is 31.5 Å². The predicted octanol–water partition coefficient (Wildman–Crippen LogP) is 3.53. The number of hydrogen-bond acceptors (Lipinski definition) is 2. The van der Waals surface area contributed by atoms with Gasteiger partial charge in [0, 0.05) is 19.1 Å². The molecular formula is C20H25ClN2O. The molecule has 0 aliphatic carbocycles. The minimum atomic E-state index is 0. The average molecular weight is 345 g/mol. The highest BCUT2D eigenvalue weighted by atomic mass is 35.5. The van der Waals surface area contributed by atoms with E-state index in [-0.39, 0.29) is 18.3 Å². The summed E-state index contributed by atoms with van der Waals surface area (Å²) >= 11 is 0. The van der Waals surface area contributed by atoms with E-state index in [1.54, 1.807) is 0 Å². The van der Waals surface area contributed by atoms with Crippen LogP contribution in [0.5, 0.6) is 0 Å². The number of likely N-dealkylation sites (N-methyl/N-ethyl adjacent to an activating group) is 1. The van der Waals surface area contributed by atoms with E-state index >= 15 is 0 Å². The molecule has 0 radical (unpaired) electrons. The lowest BCUT2D eigenvalue weighted by Gasteiger charge is -2.32. The summed E-state index contributed by atoms with van der Waals surface area (Å²) in [5.41, 5.74) is 3.48. The smallest absolute Gasteiger partial charge is 0.227 e. The molecule has 3 rings (SSSR count). The van der Waals surface area contributed by atoms with Crippen LogP contribution in [0.25, 0.3) is 11.1 Å². The number of hydrogen-bond donors (Lipinski definition) is 1. The molecule has 1 saturated heterocycles. The molecule has 0 spiro atoms. The molecule has 1 aliphatic heterocycles. The van der Waals surface area contributed by atoms with Crippen LogP contribution in [0.2, 0.25) is 0 Å². The maximum absolute atomic E-state index is 12.5. The molecule has 1 N–H and O–H groups in total. The number of nitrogens with zero attached hydrogens (tertiary/aromatic N) is 1. The minimum absolute atomic E-state index is 0. The maximum Gasteiger partial charge on any atom is 0.227 e. The van der Waals surface area contributed by atoms with E-state index in [0.29, 0.717) is 12.5 Å². The van der Waals surface area contributed by atoms with Gasteiger partial charge in [-0.05, 0) is 36.6 Å². The summed E-state index contributed by atoms with van der Waals surface area (Å²) in [7, 11) is 1.97. The summed E-state index contributed by atoms with van der Waals surface area (Å²) in [6, 6.07) is 19.1. The summed E-state index contributed by atoms with van der Waals surface area (Å²) in [6.07, 6.45) is 2.74. The molecule has 24 heavy (non-hydrogen) atoms. The number of benzene rings is 2. The molecule has 1 amide bonds. The zero-order valence-electron chi connectivity index (χ0n) is 14.1. The summed E-state index contributed by atoms with van der Waals surface area (Å²) in [4.78, 5) is 14.5. The number of carbonyl (C=O) groups is 1. The summed E-state index contributed by atoms with van der Waals surface area (Å²) in [6.45, 7) is 1.72. The van der Waals surface area contributed by atoms with E-state index in [2.05, 4.69) is 41.7 Å². The number of rotatable bonds is 4. The first-order chi connectivity index (χ1) is 11.3. The minimum Gasteiger partial charge on any atom is -0.341 e. The molecule has 1 heterocycles. The van der Waals surface area contributed by atoms with Gasteiger partial charge in [0.25, 0.3) is 0 Å². The van der Waals surface area contributed by atoms with E-state index < -0.39 is 0 Å². The van der Waals surface area contributed by atoms with Crippen LogP contribution >= 0.6 is 12.4 Å². The normalized spacial score (nSPS) is 17.2. The van der Waals surface area contributed by atoms with Crippen LogP contribution in [0.3, 0.4) is 0 Å². The fraction of sp³-hybridized carbons (Fsp3) is 0.350. The Hall–Kier alpha value is -1.84. The summed E-state index contributed by atoms with van der Waals surface area (Å²) < 4.78 is 0. The van der Waals surface area contributed by atoms with Crippen LogP contribution in [0, 0.1) is 0 Å². The number of piperidine rings is 1. The monoisotopic (exact) mass is 344 g/mol. The van der Waals surface area contributed by atoms with E-state index in [9.17, 15) is 4.79 Å². The Bertz CT molecular complexity index is 642. The lowest BCUT2D eigenvalue weighted by molar-refractivity contribution is -0.131. The Morgan fingerprint density at radius 2 is 1.75 bits per heavy atom. The van der Waals surface area contributed by atoms with Crippen molar-refractivity contribution in [2.24, 2.45) is 0 Å². The van der Waals surface area contributed by atoms with Gasteiger partial charge in [0.2, 0.25) is 5.91 Å². The van der Waals surface area contributed by atoms with Gasteiger partial charge in [-0.15, -0.1) is 12.4 Å². The molecule has 128 valence electrons. The number of nitrogens with one attached hydrogen (secondary N) is 1. The summed E-state index contributed by atoms with van der Waals surface area (Å²) in [5.74, 6) is 0.234. The molecule has 3 nitrogen and oxygen atoms in total. The number of carbonyl (C=O) groups excluding carboxylic acids is 1. The predicted molar refractivity (Wildman–Crippen MR) is 101 cm³/mol. The van der Waals surface area contributed by atoms with Gasteiger partial charge in [-0.1, -0.05) is 54.6 Å². The molecule has 1 aliphatic rings. The quantitative estimate of drug-likeness (QED) is 0.920. The Kier molecular flexibility index (Phi) is 6.83. The van der Waals surface area contributed by atoms with Crippen molar-refractivity contribution in [3.63, 3.8) is 0 Å². The van der Waals surface area contributed by atoms with Gasteiger partial charge in [0.15, 0.2) is 0 Å². The molecule has 0 saturated carbocycles. The number of likely N-dealkylation sites (tertiary alicyclic amines) is 1. The van der Waals surface area contributed by atoms with Crippen molar-refractivity contribution >= 4 is 18.3 Å². The second-order valence-electron chi connectivity index (χ2n) is 6.21. The lowest BCUT2D eigenvalue weighted by Crippen LogP contribution is -2.47. The Morgan fingerprint density at radius 1 is 1.08 bits per heavy atom. The topological polar surface area (TPSA) is 32.3 Å². The molecule has 0 bridgehead atoms. The van der Waals surface area contributed by atoms with Crippen molar-refractivity contribution < 1.29 is 4.79 Å². The van der Waals surface area contributed by atoms with Crippen molar-refractivity contribution in [1.29, 1.82) is 0 Å². The fourth-order valence-corrected chi connectivity index (χ4v) is 3.17. The van der Waals surface area contributed by atoms with Crippen molar-refractivity contribution in [3.05, 3.63) is 60.2 Å². The van der Waals surface area contributed by atoms with Crippen LogP contribution in [0.1, 0.15) is 18.4 Å². The maximum atomic E-state index is 12.5. The molecule has 1 fully saturated rings. The van der Waals surface area contributed by atoms with Gasteiger partial charge in [0.1, 0.15) is 0 Å². The van der Waals surface area contributed by atoms with Gasteiger partial charge < -0.3 is 10.2 Å². The van der Waals surface area contributed by atoms with Gasteiger partial charge >= 0.3 is 0 Å². The first-order valence-corrected chi connectivity index (χ1v) is 8.35. The molecule has 4 heteroatoms. The first-order valence-electron chi connectivity index (χ1n) is 8.35. The summed E-state index contributed by atoms with van der Waals surface area (Å²) in [5, 5.41) is 3.28. The molecule has 1 atom stereocenters. The fourth-order valence-electron chi connectivity index (χ4n) is 3.17. The molecule has 2 aromatic carbocycles. The van der Waals surface area contributed by atoms with E-state index in [1.807, 2.05) is 30.1 Å².